The first-order valence-corrected chi connectivity index (χ1v) is 7.68. The third kappa shape index (κ3) is 2.98. The molecule has 1 fully saturated rings. The van der Waals surface area contributed by atoms with Crippen LogP contribution in [0.1, 0.15) is 39.5 Å². The Kier molecular flexibility index (Phi) is 4.69. The molecule has 0 aromatic heterocycles. The second kappa shape index (κ2) is 6.13. The number of likely N-dealkylation sites (N-methyl/N-ethyl adjacent to an activating group) is 1. The number of halogens is 1. The molecule has 112 valence electrons. The number of nitrogens with two attached hydrogens (primary N) is 1. The first kappa shape index (κ1) is 15.3. The molecule has 2 N–H and O–H groups in total. The van der Waals surface area contributed by atoms with Crippen LogP contribution in [0.25, 0.3) is 0 Å². The minimum absolute atomic E-state index is 0.0268. The molecule has 3 heteroatoms. The molecule has 1 aliphatic carbocycles. The van der Waals surface area contributed by atoms with Crippen LogP contribution in [0.4, 0.5) is 10.1 Å². The van der Waals surface area contributed by atoms with E-state index in [1.807, 2.05) is 6.07 Å². The van der Waals surface area contributed by atoms with Gasteiger partial charge in [0.1, 0.15) is 5.82 Å². The van der Waals surface area contributed by atoms with Crippen LogP contribution >= 0.6 is 0 Å². The Balaban J connectivity index is 2.25. The maximum absolute atomic E-state index is 13.5. The number of anilines is 1. The van der Waals surface area contributed by atoms with E-state index in [2.05, 4.69) is 25.8 Å². The van der Waals surface area contributed by atoms with Crippen molar-refractivity contribution in [1.82, 2.24) is 0 Å². The SMILES string of the molecule is CC(C)C1CCCC(CN)(N(C)c2cccc(F)c2)C1. The van der Waals surface area contributed by atoms with Crippen molar-refractivity contribution < 1.29 is 4.39 Å². The standard InChI is InChI=1S/C17H27FN2/c1-13(2)14-6-5-9-17(11-14,12-19)20(3)16-8-4-7-15(18)10-16/h4,7-8,10,13-14H,5-6,9,11-12,19H2,1-3H3. The monoisotopic (exact) mass is 278 g/mol. The summed E-state index contributed by atoms with van der Waals surface area (Å²) in [5.74, 6) is 1.21. The fraction of sp³-hybridized carbons (Fsp3) is 0.647. The lowest BCUT2D eigenvalue weighted by Crippen LogP contribution is -2.55. The van der Waals surface area contributed by atoms with Crippen molar-refractivity contribution in [3.63, 3.8) is 0 Å². The van der Waals surface area contributed by atoms with Gasteiger partial charge in [-0.15, -0.1) is 0 Å². The average molecular weight is 278 g/mol. The van der Waals surface area contributed by atoms with Gasteiger partial charge in [0.15, 0.2) is 0 Å². The Bertz CT molecular complexity index is 446. The predicted molar refractivity (Wildman–Crippen MR) is 83.4 cm³/mol. The molecule has 20 heavy (non-hydrogen) atoms. The fourth-order valence-corrected chi connectivity index (χ4v) is 3.54. The van der Waals surface area contributed by atoms with Gasteiger partial charge in [-0.2, -0.15) is 0 Å². The molecule has 0 amide bonds. The van der Waals surface area contributed by atoms with Crippen LogP contribution in [0.15, 0.2) is 24.3 Å². The van der Waals surface area contributed by atoms with Gasteiger partial charge in [0.2, 0.25) is 0 Å². The highest BCUT2D eigenvalue weighted by molar-refractivity contribution is 5.49. The van der Waals surface area contributed by atoms with E-state index in [0.29, 0.717) is 18.4 Å². The van der Waals surface area contributed by atoms with E-state index < -0.39 is 0 Å². The van der Waals surface area contributed by atoms with Gasteiger partial charge in [-0.25, -0.2) is 4.39 Å². The number of nitrogens with zero attached hydrogens (tertiary/aromatic N) is 1. The van der Waals surface area contributed by atoms with Gasteiger partial charge in [0, 0.05) is 19.3 Å². The summed E-state index contributed by atoms with van der Waals surface area (Å²) in [5, 5.41) is 0. The lowest BCUT2D eigenvalue weighted by Gasteiger charge is -2.48. The third-order valence-corrected chi connectivity index (χ3v) is 5.09. The van der Waals surface area contributed by atoms with E-state index in [1.165, 1.54) is 18.9 Å². The molecule has 0 bridgehead atoms. The Hall–Kier alpha value is -1.09. The van der Waals surface area contributed by atoms with E-state index >= 15 is 0 Å². The Labute approximate surface area is 122 Å². The zero-order valence-electron chi connectivity index (χ0n) is 12.9. The minimum Gasteiger partial charge on any atom is -0.368 e. The predicted octanol–water partition coefficient (Wildman–Crippen LogP) is 3.81. The second-order valence-electron chi connectivity index (χ2n) is 6.57. The zero-order chi connectivity index (χ0) is 14.8. The number of benzene rings is 1. The lowest BCUT2D eigenvalue weighted by atomic mass is 9.71. The summed E-state index contributed by atoms with van der Waals surface area (Å²) in [6.45, 7) is 5.21. The van der Waals surface area contributed by atoms with Crippen LogP contribution in [-0.2, 0) is 0 Å². The van der Waals surface area contributed by atoms with Crippen molar-refractivity contribution in [3.8, 4) is 0 Å². The molecule has 1 saturated carbocycles. The lowest BCUT2D eigenvalue weighted by molar-refractivity contribution is 0.183. The number of rotatable bonds is 4. The topological polar surface area (TPSA) is 29.3 Å². The summed E-state index contributed by atoms with van der Waals surface area (Å²) in [4.78, 5) is 2.21. The molecule has 2 nitrogen and oxygen atoms in total. The minimum atomic E-state index is -0.183. The van der Waals surface area contributed by atoms with E-state index in [4.69, 9.17) is 5.73 Å². The number of hydrogen-bond acceptors (Lipinski definition) is 2. The Morgan fingerprint density at radius 2 is 2.20 bits per heavy atom. The van der Waals surface area contributed by atoms with Crippen molar-refractivity contribution >= 4 is 5.69 Å². The normalized spacial score (nSPS) is 26.8. The third-order valence-electron chi connectivity index (χ3n) is 5.09. The maximum atomic E-state index is 13.5. The van der Waals surface area contributed by atoms with Crippen LogP contribution in [0.3, 0.4) is 0 Å². The highest BCUT2D eigenvalue weighted by Gasteiger charge is 2.39. The van der Waals surface area contributed by atoms with Gasteiger partial charge in [0.25, 0.3) is 0 Å². The fourth-order valence-electron chi connectivity index (χ4n) is 3.54. The molecule has 0 heterocycles. The average Bonchev–Trinajstić information content (AvgIpc) is 2.46. The highest BCUT2D eigenvalue weighted by Crippen LogP contribution is 2.40. The Morgan fingerprint density at radius 1 is 1.45 bits per heavy atom. The molecule has 2 unspecified atom stereocenters. The number of hydrogen-bond donors (Lipinski definition) is 1. The quantitative estimate of drug-likeness (QED) is 0.907. The van der Waals surface area contributed by atoms with Gasteiger partial charge in [-0.3, -0.25) is 0 Å². The molecular weight excluding hydrogens is 251 g/mol. The molecular formula is C17H27FN2. The van der Waals surface area contributed by atoms with Gasteiger partial charge >= 0.3 is 0 Å². The van der Waals surface area contributed by atoms with E-state index in [0.717, 1.165) is 18.5 Å². The Morgan fingerprint density at radius 3 is 2.80 bits per heavy atom. The molecule has 0 spiro atoms. The molecule has 1 aromatic rings. The highest BCUT2D eigenvalue weighted by atomic mass is 19.1. The van der Waals surface area contributed by atoms with E-state index in [9.17, 15) is 4.39 Å². The van der Waals surface area contributed by atoms with Crippen LogP contribution in [0.2, 0.25) is 0 Å². The molecule has 1 aliphatic rings. The van der Waals surface area contributed by atoms with Crippen LogP contribution in [0, 0.1) is 17.7 Å². The van der Waals surface area contributed by atoms with Crippen molar-refractivity contribution in [2.45, 2.75) is 45.1 Å². The summed E-state index contributed by atoms with van der Waals surface area (Å²) < 4.78 is 13.5. The van der Waals surface area contributed by atoms with Gasteiger partial charge < -0.3 is 10.6 Å². The van der Waals surface area contributed by atoms with E-state index in [1.54, 1.807) is 12.1 Å². The molecule has 0 radical (unpaired) electrons. The van der Waals surface area contributed by atoms with Crippen LogP contribution in [-0.4, -0.2) is 19.1 Å². The second-order valence-corrected chi connectivity index (χ2v) is 6.57. The van der Waals surface area contributed by atoms with Crippen molar-refractivity contribution in [1.29, 1.82) is 0 Å². The largest absolute Gasteiger partial charge is 0.368 e. The van der Waals surface area contributed by atoms with Crippen molar-refractivity contribution in [2.75, 3.05) is 18.5 Å². The molecule has 1 aromatic carbocycles. The zero-order valence-corrected chi connectivity index (χ0v) is 12.9. The first-order valence-electron chi connectivity index (χ1n) is 7.68. The summed E-state index contributed by atoms with van der Waals surface area (Å²) in [6, 6.07) is 6.84. The summed E-state index contributed by atoms with van der Waals surface area (Å²) in [6.07, 6.45) is 4.70. The summed E-state index contributed by atoms with van der Waals surface area (Å²) in [5.41, 5.74) is 7.05. The smallest absolute Gasteiger partial charge is 0.125 e. The summed E-state index contributed by atoms with van der Waals surface area (Å²) in [7, 11) is 2.06. The first-order chi connectivity index (χ1) is 9.48. The molecule has 2 rings (SSSR count). The van der Waals surface area contributed by atoms with Crippen LogP contribution < -0.4 is 10.6 Å². The van der Waals surface area contributed by atoms with Crippen LogP contribution in [0.5, 0.6) is 0 Å². The van der Waals surface area contributed by atoms with E-state index in [-0.39, 0.29) is 11.4 Å². The van der Waals surface area contributed by atoms with Gasteiger partial charge in [0.05, 0.1) is 5.54 Å². The summed E-state index contributed by atoms with van der Waals surface area (Å²) >= 11 is 0. The molecule has 0 aliphatic heterocycles. The maximum Gasteiger partial charge on any atom is 0.125 e. The van der Waals surface area contributed by atoms with Gasteiger partial charge in [-0.1, -0.05) is 32.8 Å². The molecule has 2 atom stereocenters. The van der Waals surface area contributed by atoms with Crippen molar-refractivity contribution in [3.05, 3.63) is 30.1 Å². The van der Waals surface area contributed by atoms with Gasteiger partial charge in [-0.05, 0) is 42.9 Å². The van der Waals surface area contributed by atoms with Crippen molar-refractivity contribution in [2.24, 2.45) is 17.6 Å². The molecule has 0 saturated heterocycles.